The van der Waals surface area contributed by atoms with Gasteiger partial charge in [0.25, 0.3) is 0 Å². The lowest BCUT2D eigenvalue weighted by molar-refractivity contribution is -0.139. The Morgan fingerprint density at radius 1 is 1.06 bits per heavy atom. The number of ether oxygens (including phenoxy) is 2. The minimum atomic E-state index is -0.708. The molecule has 1 spiro atoms. The molecule has 0 radical (unpaired) electrons. The van der Waals surface area contributed by atoms with Crippen molar-refractivity contribution >= 4 is 5.97 Å². The van der Waals surface area contributed by atoms with E-state index in [2.05, 4.69) is 26.8 Å². The Balaban J connectivity index is 1.43. The van der Waals surface area contributed by atoms with E-state index in [1.165, 1.54) is 11.6 Å². The van der Waals surface area contributed by atoms with Gasteiger partial charge in [0.15, 0.2) is 0 Å². The summed E-state index contributed by atoms with van der Waals surface area (Å²) in [7, 11) is 1.58. The van der Waals surface area contributed by atoms with Crippen LogP contribution in [0.15, 0.2) is 54.6 Å². The molecule has 1 saturated carbocycles. The summed E-state index contributed by atoms with van der Waals surface area (Å²) < 4.78 is 26.4. The maximum atomic E-state index is 14.9. The first-order valence-corrected chi connectivity index (χ1v) is 12.1. The third kappa shape index (κ3) is 4.18. The number of fused-ring (bicyclic) bond motifs is 2. The van der Waals surface area contributed by atoms with E-state index < -0.39 is 5.97 Å². The highest BCUT2D eigenvalue weighted by molar-refractivity contribution is 5.78. The average Bonchev–Trinajstić information content (AvgIpc) is 3.46. The monoisotopic (exact) mass is 474 g/mol. The van der Waals surface area contributed by atoms with Gasteiger partial charge in [0.1, 0.15) is 23.9 Å². The number of hydrogen-bond donors (Lipinski definition) is 1. The van der Waals surface area contributed by atoms with Gasteiger partial charge in [-0.3, -0.25) is 4.79 Å². The van der Waals surface area contributed by atoms with Gasteiger partial charge < -0.3 is 14.6 Å². The van der Waals surface area contributed by atoms with Crippen LogP contribution in [0.4, 0.5) is 4.39 Å². The van der Waals surface area contributed by atoms with E-state index >= 15 is 0 Å². The summed E-state index contributed by atoms with van der Waals surface area (Å²) in [5.74, 6) is 0.0465. The molecule has 3 aromatic rings. The number of rotatable bonds is 6. The minimum Gasteiger partial charge on any atom is -0.497 e. The Hall–Kier alpha value is -3.34. The first-order valence-electron chi connectivity index (χ1n) is 12.1. The molecule has 5 rings (SSSR count). The van der Waals surface area contributed by atoms with Crippen molar-refractivity contribution in [1.82, 2.24) is 0 Å². The van der Waals surface area contributed by atoms with E-state index in [1.807, 2.05) is 30.3 Å². The Morgan fingerprint density at radius 3 is 2.51 bits per heavy atom. The van der Waals surface area contributed by atoms with Crippen LogP contribution in [0.5, 0.6) is 11.5 Å². The molecule has 0 aromatic heterocycles. The SMILES string of the molecule is COc1ccc(F)c(-c2cc(COc3ccc4c(c3)[C@@]3(CC4)C[C@@H]3C(=O)O)ccc2C(C)(C)C)c1. The highest BCUT2D eigenvalue weighted by atomic mass is 19.1. The van der Waals surface area contributed by atoms with Gasteiger partial charge in [0, 0.05) is 11.0 Å². The number of carboxylic acids is 1. The molecule has 4 nitrogen and oxygen atoms in total. The zero-order chi connectivity index (χ0) is 25.0. The van der Waals surface area contributed by atoms with Crippen molar-refractivity contribution in [3.05, 3.63) is 82.7 Å². The number of aliphatic carboxylic acids is 1. The summed E-state index contributed by atoms with van der Waals surface area (Å²) in [5, 5.41) is 9.51. The Labute approximate surface area is 205 Å². The quantitative estimate of drug-likeness (QED) is 0.434. The van der Waals surface area contributed by atoms with Crippen LogP contribution in [0.3, 0.4) is 0 Å². The van der Waals surface area contributed by atoms with Crippen LogP contribution in [0.2, 0.25) is 0 Å². The van der Waals surface area contributed by atoms with Gasteiger partial charge in [-0.1, -0.05) is 39.0 Å². The smallest absolute Gasteiger partial charge is 0.307 e. The maximum Gasteiger partial charge on any atom is 0.307 e. The molecule has 1 fully saturated rings. The summed E-state index contributed by atoms with van der Waals surface area (Å²) in [6.07, 6.45) is 2.53. The highest BCUT2D eigenvalue weighted by Gasteiger charge is 2.61. The number of carboxylic acid groups (broad SMARTS) is 1. The van der Waals surface area contributed by atoms with Crippen LogP contribution < -0.4 is 9.47 Å². The summed E-state index contributed by atoms with van der Waals surface area (Å²) in [4.78, 5) is 11.6. The van der Waals surface area contributed by atoms with Crippen molar-refractivity contribution in [2.45, 2.75) is 57.5 Å². The molecular weight excluding hydrogens is 443 g/mol. The van der Waals surface area contributed by atoms with Gasteiger partial charge in [-0.25, -0.2) is 4.39 Å². The lowest BCUT2D eigenvalue weighted by atomic mass is 9.81. The molecule has 3 aromatic carbocycles. The number of carbonyl (C=O) groups is 1. The Bertz CT molecular complexity index is 1310. The van der Waals surface area contributed by atoms with E-state index in [1.54, 1.807) is 19.2 Å². The van der Waals surface area contributed by atoms with Crippen LogP contribution >= 0.6 is 0 Å². The standard InChI is InChI=1S/C30H31FO4/c1-29(2,3)24-9-5-18(13-22(24)23-14-20(34-4)8-10-27(23)31)17-35-21-7-6-19-11-12-30(25(19)15-21)16-26(30)28(32)33/h5-10,13-15,26H,11-12,16-17H2,1-4H3,(H,32,33)/t26-,30-/m1/s1. The van der Waals surface area contributed by atoms with Crippen molar-refractivity contribution in [2.24, 2.45) is 5.92 Å². The molecule has 0 heterocycles. The van der Waals surface area contributed by atoms with E-state index in [-0.39, 0.29) is 22.6 Å². The summed E-state index contributed by atoms with van der Waals surface area (Å²) >= 11 is 0. The second kappa shape index (κ2) is 8.40. The molecule has 0 bridgehead atoms. The molecule has 2 atom stereocenters. The molecule has 5 heteroatoms. The second-order valence-corrected chi connectivity index (χ2v) is 10.8. The molecule has 0 saturated heterocycles. The van der Waals surface area contributed by atoms with Crippen molar-refractivity contribution in [3.63, 3.8) is 0 Å². The van der Waals surface area contributed by atoms with Gasteiger partial charge in [-0.2, -0.15) is 0 Å². The van der Waals surface area contributed by atoms with E-state index in [9.17, 15) is 14.3 Å². The molecule has 0 amide bonds. The van der Waals surface area contributed by atoms with Gasteiger partial charge in [-0.15, -0.1) is 0 Å². The van der Waals surface area contributed by atoms with Crippen molar-refractivity contribution in [2.75, 3.05) is 7.11 Å². The fourth-order valence-electron chi connectivity index (χ4n) is 5.58. The number of halogens is 1. The van der Waals surface area contributed by atoms with Gasteiger partial charge in [-0.05, 0) is 88.9 Å². The van der Waals surface area contributed by atoms with E-state index in [4.69, 9.17) is 9.47 Å². The van der Waals surface area contributed by atoms with Crippen LogP contribution in [-0.4, -0.2) is 18.2 Å². The molecule has 1 N–H and O–H groups in total. The predicted octanol–water partition coefficient (Wildman–Crippen LogP) is 6.67. The normalized spacial score (nSPS) is 20.5. The summed E-state index contributed by atoms with van der Waals surface area (Å²) in [5.41, 5.74) is 5.27. The third-order valence-corrected chi connectivity index (χ3v) is 7.59. The minimum absolute atomic E-state index is 0.177. The first-order chi connectivity index (χ1) is 16.6. The molecular formula is C30H31FO4. The molecule has 2 aliphatic carbocycles. The van der Waals surface area contributed by atoms with Crippen LogP contribution in [0.25, 0.3) is 11.1 Å². The molecule has 2 aliphatic rings. The lowest BCUT2D eigenvalue weighted by Crippen LogP contribution is -2.14. The largest absolute Gasteiger partial charge is 0.497 e. The first kappa shape index (κ1) is 23.4. The Morgan fingerprint density at radius 2 is 1.83 bits per heavy atom. The fourth-order valence-corrected chi connectivity index (χ4v) is 5.58. The van der Waals surface area contributed by atoms with Gasteiger partial charge in [0.05, 0.1) is 13.0 Å². The van der Waals surface area contributed by atoms with Crippen LogP contribution in [-0.2, 0) is 28.7 Å². The predicted molar refractivity (Wildman–Crippen MR) is 134 cm³/mol. The maximum absolute atomic E-state index is 14.9. The van der Waals surface area contributed by atoms with E-state index in [0.717, 1.165) is 40.8 Å². The second-order valence-electron chi connectivity index (χ2n) is 10.8. The van der Waals surface area contributed by atoms with E-state index in [0.29, 0.717) is 24.3 Å². The van der Waals surface area contributed by atoms with Crippen molar-refractivity contribution in [3.8, 4) is 22.6 Å². The number of benzene rings is 3. The number of aryl methyl sites for hydroxylation is 1. The third-order valence-electron chi connectivity index (χ3n) is 7.59. The van der Waals surface area contributed by atoms with Crippen LogP contribution in [0.1, 0.15) is 55.9 Å². The van der Waals surface area contributed by atoms with Gasteiger partial charge >= 0.3 is 5.97 Å². The molecule has 0 aliphatic heterocycles. The van der Waals surface area contributed by atoms with Crippen molar-refractivity contribution in [1.29, 1.82) is 0 Å². The number of methoxy groups -OCH3 is 1. The van der Waals surface area contributed by atoms with Gasteiger partial charge in [0.2, 0.25) is 0 Å². The highest BCUT2D eigenvalue weighted by Crippen LogP contribution is 2.62. The molecule has 182 valence electrons. The summed E-state index contributed by atoms with van der Waals surface area (Å²) in [6.45, 7) is 6.67. The lowest BCUT2D eigenvalue weighted by Gasteiger charge is -2.24. The topological polar surface area (TPSA) is 55.8 Å². The fraction of sp³-hybridized carbons (Fsp3) is 0.367. The average molecular weight is 475 g/mol. The molecule has 35 heavy (non-hydrogen) atoms. The zero-order valence-corrected chi connectivity index (χ0v) is 20.7. The zero-order valence-electron chi connectivity index (χ0n) is 20.7. The van der Waals surface area contributed by atoms with Crippen molar-refractivity contribution < 1.29 is 23.8 Å². The van der Waals surface area contributed by atoms with Crippen LogP contribution in [0, 0.1) is 11.7 Å². The summed E-state index contributed by atoms with van der Waals surface area (Å²) in [6, 6.07) is 16.9. The number of hydrogen-bond acceptors (Lipinski definition) is 3. The molecule has 0 unspecified atom stereocenters. The Kier molecular flexibility index (Phi) is 5.62.